The van der Waals surface area contributed by atoms with Crippen LogP contribution in [0.1, 0.15) is 89.7 Å². The second-order valence-electron chi connectivity index (χ2n) is 7.57. The van der Waals surface area contributed by atoms with Gasteiger partial charge in [0.15, 0.2) is 0 Å². The molecule has 0 spiro atoms. The highest BCUT2D eigenvalue weighted by molar-refractivity contribution is 7.85. The number of rotatable bonds is 15. The van der Waals surface area contributed by atoms with Crippen LogP contribution in [0.5, 0.6) is 5.75 Å². The first kappa shape index (κ1) is 24.0. The van der Waals surface area contributed by atoms with Gasteiger partial charge in [0.05, 0.1) is 11.9 Å². The number of hydrogen-bond acceptors (Lipinski definition) is 3. The molecular weight excluding hydrogens is 360 g/mol. The normalized spacial score (nSPS) is 12.9. The van der Waals surface area contributed by atoms with Crippen molar-refractivity contribution in [3.8, 4) is 5.75 Å². The maximum Gasteiger partial charge on any atom is 0.264 e. The van der Waals surface area contributed by atoms with Crippen LogP contribution < -0.4 is 4.74 Å². The molecule has 0 saturated carbocycles. The molecule has 0 saturated heterocycles. The Labute approximate surface area is 166 Å². The van der Waals surface area contributed by atoms with E-state index in [0.717, 1.165) is 25.0 Å². The van der Waals surface area contributed by atoms with Gasteiger partial charge in [0.25, 0.3) is 10.1 Å². The van der Waals surface area contributed by atoms with Crippen molar-refractivity contribution >= 4 is 10.1 Å². The lowest BCUT2D eigenvalue weighted by Crippen LogP contribution is -2.18. The van der Waals surface area contributed by atoms with Crippen LogP contribution in [0.2, 0.25) is 0 Å². The van der Waals surface area contributed by atoms with E-state index in [9.17, 15) is 8.42 Å². The molecule has 156 valence electrons. The molecule has 1 aromatic carbocycles. The number of ether oxygens (including phenoxy) is 1. The van der Waals surface area contributed by atoms with Crippen LogP contribution in [0, 0.1) is 0 Å². The number of benzene rings is 1. The topological polar surface area (TPSA) is 63.6 Å². The molecule has 0 bridgehead atoms. The molecule has 5 heteroatoms. The van der Waals surface area contributed by atoms with E-state index in [-0.39, 0.29) is 18.3 Å². The standard InChI is InChI=1S/C22H38O4S/c1-4-6-8-10-12-20-14-15-21(13-11-9-7-5-2)22(18-20)26-19(3)16-17-27(23,24)25/h14-15,18-19H,4-13,16-17H2,1-3H3,(H,23,24,25). The van der Waals surface area contributed by atoms with E-state index in [0.29, 0.717) is 0 Å². The van der Waals surface area contributed by atoms with Crippen molar-refractivity contribution in [1.82, 2.24) is 0 Å². The van der Waals surface area contributed by atoms with E-state index in [2.05, 4.69) is 32.0 Å². The third kappa shape index (κ3) is 11.4. The zero-order valence-electron chi connectivity index (χ0n) is 17.4. The largest absolute Gasteiger partial charge is 0.490 e. The minimum atomic E-state index is -3.95. The Kier molecular flexibility index (Phi) is 11.7. The molecule has 0 heterocycles. The van der Waals surface area contributed by atoms with Crippen LogP contribution >= 0.6 is 0 Å². The summed E-state index contributed by atoms with van der Waals surface area (Å²) in [6, 6.07) is 6.51. The van der Waals surface area contributed by atoms with Crippen molar-refractivity contribution in [2.24, 2.45) is 0 Å². The SMILES string of the molecule is CCCCCCc1ccc(CCCCCC)c(OC(C)CCS(=O)(=O)O)c1. The van der Waals surface area contributed by atoms with Crippen LogP contribution in [0.25, 0.3) is 0 Å². The highest BCUT2D eigenvalue weighted by Gasteiger charge is 2.13. The van der Waals surface area contributed by atoms with E-state index in [1.54, 1.807) is 0 Å². The van der Waals surface area contributed by atoms with E-state index < -0.39 is 10.1 Å². The molecule has 1 aromatic rings. The molecule has 1 atom stereocenters. The average Bonchev–Trinajstić information content (AvgIpc) is 2.61. The first-order chi connectivity index (χ1) is 12.9. The molecule has 0 fully saturated rings. The highest BCUT2D eigenvalue weighted by Crippen LogP contribution is 2.26. The van der Waals surface area contributed by atoms with Gasteiger partial charge in [0.2, 0.25) is 0 Å². The quantitative estimate of drug-likeness (QED) is 0.292. The van der Waals surface area contributed by atoms with Crippen molar-refractivity contribution in [2.75, 3.05) is 5.75 Å². The predicted molar refractivity (Wildman–Crippen MR) is 113 cm³/mol. The predicted octanol–water partition coefficient (Wildman–Crippen LogP) is 5.98. The third-order valence-corrected chi connectivity index (χ3v) is 5.61. The monoisotopic (exact) mass is 398 g/mol. The Balaban J connectivity index is 2.75. The van der Waals surface area contributed by atoms with Gasteiger partial charge in [-0.3, -0.25) is 4.55 Å². The number of unbranched alkanes of at least 4 members (excludes halogenated alkanes) is 6. The van der Waals surface area contributed by atoms with Crippen molar-refractivity contribution in [3.05, 3.63) is 29.3 Å². The van der Waals surface area contributed by atoms with Gasteiger partial charge in [-0.25, -0.2) is 0 Å². The Hall–Kier alpha value is -1.07. The first-order valence-corrected chi connectivity index (χ1v) is 12.2. The van der Waals surface area contributed by atoms with Gasteiger partial charge in [0.1, 0.15) is 5.75 Å². The molecule has 1 unspecified atom stereocenters. The Morgan fingerprint density at radius 2 is 1.59 bits per heavy atom. The fourth-order valence-corrected chi connectivity index (χ4v) is 3.79. The molecule has 0 aliphatic rings. The number of hydrogen-bond donors (Lipinski definition) is 1. The lowest BCUT2D eigenvalue weighted by Gasteiger charge is -2.18. The molecule has 0 aliphatic heterocycles. The molecule has 0 aliphatic carbocycles. The summed E-state index contributed by atoms with van der Waals surface area (Å²) in [5.41, 5.74) is 2.47. The van der Waals surface area contributed by atoms with Gasteiger partial charge in [-0.2, -0.15) is 8.42 Å². The van der Waals surface area contributed by atoms with Gasteiger partial charge >= 0.3 is 0 Å². The molecule has 1 N–H and O–H groups in total. The van der Waals surface area contributed by atoms with Gasteiger partial charge in [0, 0.05) is 6.42 Å². The molecule has 0 radical (unpaired) electrons. The third-order valence-electron chi connectivity index (χ3n) is 4.86. The van der Waals surface area contributed by atoms with Crippen LogP contribution in [0.4, 0.5) is 0 Å². The van der Waals surface area contributed by atoms with E-state index in [1.807, 2.05) is 6.92 Å². The summed E-state index contributed by atoms with van der Waals surface area (Å²) in [5.74, 6) is 0.610. The van der Waals surface area contributed by atoms with Gasteiger partial charge in [-0.1, -0.05) is 64.5 Å². The van der Waals surface area contributed by atoms with Crippen molar-refractivity contribution in [2.45, 2.75) is 97.5 Å². The van der Waals surface area contributed by atoms with Crippen LogP contribution in [0.15, 0.2) is 18.2 Å². The average molecular weight is 399 g/mol. The summed E-state index contributed by atoms with van der Waals surface area (Å²) < 4.78 is 37.0. The summed E-state index contributed by atoms with van der Waals surface area (Å²) in [4.78, 5) is 0. The minimum Gasteiger partial charge on any atom is -0.490 e. The Bertz CT molecular complexity index is 625. The van der Waals surface area contributed by atoms with Crippen LogP contribution in [-0.4, -0.2) is 24.8 Å². The smallest absolute Gasteiger partial charge is 0.264 e. The molecule has 4 nitrogen and oxygen atoms in total. The van der Waals surface area contributed by atoms with Gasteiger partial charge < -0.3 is 4.74 Å². The summed E-state index contributed by atoms with van der Waals surface area (Å²) in [5, 5.41) is 0. The van der Waals surface area contributed by atoms with Crippen molar-refractivity contribution < 1.29 is 17.7 Å². The van der Waals surface area contributed by atoms with Crippen LogP contribution in [-0.2, 0) is 23.0 Å². The molecule has 27 heavy (non-hydrogen) atoms. The maximum atomic E-state index is 11.0. The second kappa shape index (κ2) is 13.2. The van der Waals surface area contributed by atoms with Crippen molar-refractivity contribution in [3.63, 3.8) is 0 Å². The summed E-state index contributed by atoms with van der Waals surface area (Å²) in [6.07, 6.45) is 11.8. The van der Waals surface area contributed by atoms with Crippen molar-refractivity contribution in [1.29, 1.82) is 0 Å². The maximum absolute atomic E-state index is 11.0. The van der Waals surface area contributed by atoms with E-state index in [1.165, 1.54) is 56.1 Å². The lowest BCUT2D eigenvalue weighted by molar-refractivity contribution is 0.214. The van der Waals surface area contributed by atoms with Gasteiger partial charge in [-0.15, -0.1) is 0 Å². The first-order valence-electron chi connectivity index (χ1n) is 10.6. The summed E-state index contributed by atoms with van der Waals surface area (Å²) in [6.45, 7) is 6.28. The highest BCUT2D eigenvalue weighted by atomic mass is 32.2. The fraction of sp³-hybridized carbons (Fsp3) is 0.727. The number of aryl methyl sites for hydroxylation is 2. The van der Waals surface area contributed by atoms with Crippen LogP contribution in [0.3, 0.4) is 0 Å². The summed E-state index contributed by atoms with van der Waals surface area (Å²) >= 11 is 0. The van der Waals surface area contributed by atoms with E-state index >= 15 is 0 Å². The Morgan fingerprint density at radius 1 is 0.963 bits per heavy atom. The van der Waals surface area contributed by atoms with E-state index in [4.69, 9.17) is 9.29 Å². The summed E-state index contributed by atoms with van der Waals surface area (Å²) in [7, 11) is -3.95. The zero-order valence-corrected chi connectivity index (χ0v) is 18.2. The molecule has 1 rings (SSSR count). The van der Waals surface area contributed by atoms with Gasteiger partial charge in [-0.05, 0) is 49.8 Å². The molecule has 0 aromatic heterocycles. The Morgan fingerprint density at radius 3 is 2.19 bits per heavy atom. The minimum absolute atomic E-state index is 0.253. The zero-order chi connectivity index (χ0) is 20.1. The molecule has 0 amide bonds. The second-order valence-corrected chi connectivity index (χ2v) is 9.14. The molecular formula is C22H38O4S. The fourth-order valence-electron chi connectivity index (χ4n) is 3.16. The lowest BCUT2D eigenvalue weighted by atomic mass is 10.0.